The third kappa shape index (κ3) is 7.95. The Morgan fingerprint density at radius 3 is 3.00 bits per heavy atom. The summed E-state index contributed by atoms with van der Waals surface area (Å²) in [4.78, 5) is 13.6. The van der Waals surface area contributed by atoms with Gasteiger partial charge in [-0.15, -0.1) is 0 Å². The minimum atomic E-state index is -6.08. The van der Waals surface area contributed by atoms with Gasteiger partial charge < -0.3 is 10.2 Å². The van der Waals surface area contributed by atoms with E-state index in [1.165, 1.54) is 0 Å². The normalized spacial score (nSPS) is 36.8. The van der Waals surface area contributed by atoms with Gasteiger partial charge in [-0.05, 0) is 43.4 Å². The van der Waals surface area contributed by atoms with Crippen molar-refractivity contribution in [2.45, 2.75) is 33.5 Å². The number of nitrogens with zero attached hydrogens (tertiary/aromatic N) is 3. The molecule has 2 rings (SSSR count). The summed E-state index contributed by atoms with van der Waals surface area (Å²) < 4.78 is 185. The van der Waals surface area contributed by atoms with Gasteiger partial charge in [-0.3, -0.25) is 9.69 Å². The smallest absolute Gasteiger partial charge is 0.221 e. The number of sulfonamides is 1. The molecule has 0 saturated carbocycles. The zero-order chi connectivity index (χ0) is 38.6. The van der Waals surface area contributed by atoms with Crippen molar-refractivity contribution in [1.82, 2.24) is 9.21 Å². The van der Waals surface area contributed by atoms with Crippen LogP contribution in [-0.4, -0.2) is 75.4 Å². The van der Waals surface area contributed by atoms with Crippen LogP contribution in [0.4, 0.5) is 11.4 Å². The first kappa shape index (κ1) is 8.13. The van der Waals surface area contributed by atoms with E-state index < -0.39 is 128 Å². The zero-order valence-corrected chi connectivity index (χ0v) is 16.5. The average Bonchev–Trinajstić information content (AvgIpc) is 2.90. The van der Waals surface area contributed by atoms with Gasteiger partial charge in [0.05, 0.1) is 11.2 Å². The first-order valence-corrected chi connectivity index (χ1v) is 9.90. The fourth-order valence-corrected chi connectivity index (χ4v) is 3.01. The van der Waals surface area contributed by atoms with Crippen molar-refractivity contribution in [1.29, 1.82) is 0 Å². The molecular weight excluding hydrogens is 388 g/mol. The Kier molecular flexibility index (Phi) is 3.07. The summed E-state index contributed by atoms with van der Waals surface area (Å²) in [5, 5.41) is 0.253. The summed E-state index contributed by atoms with van der Waals surface area (Å²) in [7, 11) is -6.08. The van der Waals surface area contributed by atoms with E-state index in [2.05, 4.69) is 0 Å². The minimum Gasteiger partial charge on any atom is -0.369 e. The molecule has 1 heterocycles. The van der Waals surface area contributed by atoms with Gasteiger partial charge in [-0.1, -0.05) is 19.8 Å². The van der Waals surface area contributed by atoms with Crippen molar-refractivity contribution < 1.29 is 40.7 Å². The summed E-state index contributed by atoms with van der Waals surface area (Å²) >= 11 is 0. The number of nitrogens with one attached hydrogen (secondary N) is 1. The molecule has 8 heteroatoms. The standard InChI is InChI=1S/C21H36N4O3S/c1-18(2)17-29(27,28)23(4)10-5-6-11-24-12-14-25(15-13-24)21-9-7-8-20(16-21)22-19(3)26/h7-9,16,18H,5-6,10-15,17H2,1-4H3,(H,22,26)/i1D3,2D3,4D3,8D,9D,11D,12D,13D,14D,16D,17D2,18D/hD. The largest absolute Gasteiger partial charge is 0.369 e. The Labute approximate surface area is 204 Å². The molecule has 0 bridgehead atoms. The Hall–Kier alpha value is -1.64. The maximum Gasteiger partial charge on any atom is 0.221 e. The second-order valence-corrected chi connectivity index (χ2v) is 7.44. The number of anilines is 2. The number of piperazine rings is 1. The summed E-state index contributed by atoms with van der Waals surface area (Å²) in [5.74, 6) is -5.20. The first-order chi connectivity index (χ1) is 21.8. The Bertz CT molecular complexity index is 1470. The van der Waals surface area contributed by atoms with Gasteiger partial charge in [0.2, 0.25) is 15.9 Å². The van der Waals surface area contributed by atoms with Crippen LogP contribution in [-0.2, 0) is 14.8 Å². The number of amides is 1. The minimum absolute atomic E-state index is 0.253. The van der Waals surface area contributed by atoms with Gasteiger partial charge in [0.15, 0.2) is 1.41 Å². The highest BCUT2D eigenvalue weighted by Crippen LogP contribution is 2.21. The Morgan fingerprint density at radius 2 is 2.28 bits per heavy atom. The summed E-state index contributed by atoms with van der Waals surface area (Å²) in [6, 6.07) is -0.713. The quantitative estimate of drug-likeness (QED) is 0.600. The molecule has 1 aromatic carbocycles. The molecule has 1 aliphatic heterocycles. The molecule has 4 atom stereocenters. The van der Waals surface area contributed by atoms with E-state index in [1.54, 1.807) is 0 Å². The Morgan fingerprint density at radius 1 is 1.45 bits per heavy atom. The molecule has 1 aliphatic rings. The van der Waals surface area contributed by atoms with E-state index in [9.17, 15) is 13.2 Å². The van der Waals surface area contributed by atoms with E-state index in [-0.39, 0.29) is 11.0 Å². The lowest BCUT2D eigenvalue weighted by molar-refractivity contribution is -0.114. The van der Waals surface area contributed by atoms with E-state index in [4.69, 9.17) is 27.5 Å². The number of rotatable bonds is 10. The van der Waals surface area contributed by atoms with Gasteiger partial charge in [0.1, 0.15) is 0 Å². The first-order valence-electron chi connectivity index (χ1n) is 18.7. The number of hydrogen-bond acceptors (Lipinski definition) is 5. The fourth-order valence-electron chi connectivity index (χ4n) is 2.27. The molecule has 1 saturated heterocycles. The van der Waals surface area contributed by atoms with E-state index in [0.717, 1.165) is 22.8 Å². The van der Waals surface area contributed by atoms with E-state index in [1.807, 2.05) is 0 Å². The highest BCUT2D eigenvalue weighted by Gasteiger charge is 2.20. The third-order valence-electron chi connectivity index (χ3n) is 3.55. The predicted molar refractivity (Wildman–Crippen MR) is 120 cm³/mol. The summed E-state index contributed by atoms with van der Waals surface area (Å²) in [6.07, 6.45) is -1.10. The van der Waals surface area contributed by atoms with E-state index in [0.29, 0.717) is 0 Å². The van der Waals surface area contributed by atoms with Crippen molar-refractivity contribution in [3.8, 4) is 0 Å². The van der Waals surface area contributed by atoms with E-state index >= 15 is 0 Å². The number of benzene rings is 1. The summed E-state index contributed by atoms with van der Waals surface area (Å²) in [5.41, 5.74) is -5.37. The van der Waals surface area contributed by atoms with Crippen LogP contribution < -0.4 is 10.2 Å². The fraction of sp³-hybridized carbons (Fsp3) is 0.667. The van der Waals surface area contributed by atoms with Crippen LogP contribution in [0.1, 0.15) is 59.5 Å². The van der Waals surface area contributed by atoms with Crippen LogP contribution in [0.25, 0.3) is 0 Å². The van der Waals surface area contributed by atoms with Gasteiger partial charge in [0, 0.05) is 78.5 Å². The molecule has 0 aromatic heterocycles. The van der Waals surface area contributed by atoms with Crippen LogP contribution in [0.15, 0.2) is 24.2 Å². The second-order valence-electron chi connectivity index (χ2n) is 5.85. The topological polar surface area (TPSA) is 73.0 Å². The predicted octanol–water partition coefficient (Wildman–Crippen LogP) is 2.46. The zero-order valence-electron chi connectivity index (χ0n) is 35.6. The summed E-state index contributed by atoms with van der Waals surface area (Å²) in [6.45, 7) is -19.1. The molecular formula is C21H36N4O3S. The van der Waals surface area contributed by atoms with Gasteiger partial charge in [0.25, 0.3) is 0 Å². The molecule has 0 aliphatic carbocycles. The third-order valence-corrected chi connectivity index (χ3v) is 4.77. The van der Waals surface area contributed by atoms with Crippen LogP contribution in [0.3, 0.4) is 0 Å². The monoisotopic (exact) mass is 444 g/mol. The Balaban J connectivity index is 2.37. The van der Waals surface area contributed by atoms with Gasteiger partial charge >= 0.3 is 0 Å². The lowest BCUT2D eigenvalue weighted by atomic mass is 10.2. The number of carbonyl (C=O) groups is 1. The molecule has 1 amide bonds. The van der Waals surface area contributed by atoms with Crippen molar-refractivity contribution in [3.63, 3.8) is 0 Å². The molecule has 7 nitrogen and oxygen atoms in total. The van der Waals surface area contributed by atoms with Gasteiger partial charge in [-0.25, -0.2) is 12.7 Å². The van der Waals surface area contributed by atoms with Crippen molar-refractivity contribution in [2.24, 2.45) is 5.89 Å². The average molecular weight is 445 g/mol. The molecule has 4 unspecified atom stereocenters. The SMILES string of the molecule is [2H]c1cc([2H])c(N2CC([2H])N(C([2H])CCCN(C([2H])([2H])[2H])S(=O)(=O)C([2H])([2H])C([2H])(C([2H])([2H])[2H])C([2H])([2H])[2H])C([2H])C2[2H])c([2H])c1N([2H])C(C)=O. The van der Waals surface area contributed by atoms with Crippen LogP contribution in [0, 0.1) is 5.89 Å². The van der Waals surface area contributed by atoms with Crippen molar-refractivity contribution in [3.05, 3.63) is 24.2 Å². The molecule has 0 spiro atoms. The lowest BCUT2D eigenvalue weighted by Gasteiger charge is -2.36. The van der Waals surface area contributed by atoms with Crippen LogP contribution >= 0.6 is 0 Å². The molecule has 164 valence electrons. The second kappa shape index (κ2) is 10.9. The van der Waals surface area contributed by atoms with Crippen molar-refractivity contribution >= 4 is 27.3 Å². The lowest BCUT2D eigenvalue weighted by Crippen LogP contribution is -2.46. The maximum atomic E-state index is 13.4. The number of hydrogen-bond donors (Lipinski definition) is 1. The highest BCUT2D eigenvalue weighted by molar-refractivity contribution is 7.89. The molecule has 1 fully saturated rings. The number of carbonyl (C=O) groups excluding carboxylic acids is 1. The van der Waals surface area contributed by atoms with Crippen molar-refractivity contribution in [2.75, 3.05) is 62.1 Å². The van der Waals surface area contributed by atoms with Gasteiger partial charge in [-0.2, -0.15) is 0 Å². The molecule has 1 N–H and O–H groups in total. The van der Waals surface area contributed by atoms with Crippen LogP contribution in [0.2, 0.25) is 1.41 Å². The molecule has 29 heavy (non-hydrogen) atoms. The van der Waals surface area contributed by atoms with Crippen LogP contribution in [0.5, 0.6) is 0 Å². The highest BCUT2D eigenvalue weighted by atomic mass is 32.2. The molecule has 1 aromatic rings. The molecule has 0 radical (unpaired) electrons. The maximum absolute atomic E-state index is 13.4.